The van der Waals surface area contributed by atoms with Crippen LogP contribution < -0.4 is 5.73 Å². The first kappa shape index (κ1) is 13.5. The fourth-order valence-corrected chi connectivity index (χ4v) is 3.17. The molecule has 4 heterocycles. The number of imidazole rings is 1. The van der Waals surface area contributed by atoms with Gasteiger partial charge in [-0.1, -0.05) is 0 Å². The molecule has 1 fully saturated rings. The second-order valence-electron chi connectivity index (χ2n) is 6.43. The highest BCUT2D eigenvalue weighted by Crippen LogP contribution is 2.33. The zero-order valence-electron chi connectivity index (χ0n) is 13.3. The van der Waals surface area contributed by atoms with Gasteiger partial charge in [-0.05, 0) is 43.9 Å². The number of fused-ring (bicyclic) bond motifs is 2. The van der Waals surface area contributed by atoms with Crippen molar-refractivity contribution >= 4 is 22.6 Å². The molecule has 4 aromatic rings. The molecule has 120 valence electrons. The third kappa shape index (κ3) is 2.05. The van der Waals surface area contributed by atoms with E-state index in [2.05, 4.69) is 19.6 Å². The average Bonchev–Trinajstić information content (AvgIpc) is 3.22. The van der Waals surface area contributed by atoms with Crippen LogP contribution in [0.4, 0.5) is 5.95 Å². The number of nitrogens with two attached hydrogens (primary N) is 1. The maximum Gasteiger partial charge on any atom is 0.238 e. The van der Waals surface area contributed by atoms with Crippen LogP contribution in [-0.2, 0) is 6.54 Å². The van der Waals surface area contributed by atoms with Crippen molar-refractivity contribution in [3.63, 3.8) is 0 Å². The van der Waals surface area contributed by atoms with Crippen LogP contribution in [0.25, 0.3) is 27.9 Å². The molecule has 0 spiro atoms. The van der Waals surface area contributed by atoms with Gasteiger partial charge in [0.15, 0.2) is 5.65 Å². The largest absolute Gasteiger partial charge is 0.367 e. The van der Waals surface area contributed by atoms with Gasteiger partial charge in [0.2, 0.25) is 5.95 Å². The van der Waals surface area contributed by atoms with Crippen LogP contribution in [0.2, 0.25) is 0 Å². The summed E-state index contributed by atoms with van der Waals surface area (Å²) in [5.41, 5.74) is 10.3. The number of hydrogen-bond acceptors (Lipinski definition) is 5. The van der Waals surface area contributed by atoms with E-state index in [0.717, 1.165) is 46.2 Å². The number of rotatable bonds is 3. The zero-order chi connectivity index (χ0) is 16.3. The first-order valence-electron chi connectivity index (χ1n) is 8.13. The zero-order valence-corrected chi connectivity index (χ0v) is 13.3. The normalized spacial score (nSPS) is 14.7. The Balaban J connectivity index is 1.68. The average molecular weight is 319 g/mol. The highest BCUT2D eigenvalue weighted by molar-refractivity contribution is 5.82. The van der Waals surface area contributed by atoms with E-state index in [-0.39, 0.29) is 5.95 Å². The lowest BCUT2D eigenvalue weighted by atomic mass is 10.2. The Labute approximate surface area is 138 Å². The van der Waals surface area contributed by atoms with Crippen LogP contribution in [0.15, 0.2) is 30.6 Å². The number of aryl methyl sites for hydroxylation is 1. The molecule has 0 bridgehead atoms. The molecule has 0 aromatic carbocycles. The molecule has 4 aromatic heterocycles. The molecular weight excluding hydrogens is 302 g/mol. The van der Waals surface area contributed by atoms with E-state index in [9.17, 15) is 0 Å². The standard InChI is InChI=1S/C17H17N7/c1-10-20-14-5-4-13(21-16(14)23(10)9-11-2-3-11)12-6-7-24-15(12)8-19-17(18)22-24/h4-8,11H,2-3,9H2,1H3,(H2,18,22). The smallest absolute Gasteiger partial charge is 0.238 e. The van der Waals surface area contributed by atoms with Gasteiger partial charge in [0.1, 0.15) is 11.3 Å². The maximum atomic E-state index is 5.65. The molecule has 1 aliphatic rings. The molecule has 0 atom stereocenters. The first-order chi connectivity index (χ1) is 11.7. The number of nitrogen functional groups attached to an aromatic ring is 1. The summed E-state index contributed by atoms with van der Waals surface area (Å²) in [5.74, 6) is 2.06. The summed E-state index contributed by atoms with van der Waals surface area (Å²) >= 11 is 0. The van der Waals surface area contributed by atoms with Gasteiger partial charge in [0.05, 0.1) is 17.4 Å². The Bertz CT molecular complexity index is 1070. The predicted molar refractivity (Wildman–Crippen MR) is 91.4 cm³/mol. The SMILES string of the molecule is Cc1nc2ccc(-c3ccn4nc(N)ncc34)nc2n1CC1CC1. The summed E-state index contributed by atoms with van der Waals surface area (Å²) in [6.07, 6.45) is 6.22. The van der Waals surface area contributed by atoms with E-state index >= 15 is 0 Å². The molecule has 7 heteroatoms. The Morgan fingerprint density at radius 2 is 2.08 bits per heavy atom. The van der Waals surface area contributed by atoms with E-state index in [1.54, 1.807) is 10.7 Å². The quantitative estimate of drug-likeness (QED) is 0.627. The molecule has 24 heavy (non-hydrogen) atoms. The number of pyridine rings is 1. The van der Waals surface area contributed by atoms with E-state index < -0.39 is 0 Å². The molecule has 7 nitrogen and oxygen atoms in total. The second kappa shape index (κ2) is 4.77. The van der Waals surface area contributed by atoms with Gasteiger partial charge in [-0.15, -0.1) is 5.10 Å². The van der Waals surface area contributed by atoms with Gasteiger partial charge in [0.25, 0.3) is 0 Å². The monoisotopic (exact) mass is 319 g/mol. The molecule has 0 amide bonds. The Morgan fingerprint density at radius 1 is 1.21 bits per heavy atom. The Hall–Kier alpha value is -2.96. The molecule has 0 aliphatic heterocycles. The highest BCUT2D eigenvalue weighted by Gasteiger charge is 2.24. The van der Waals surface area contributed by atoms with Crippen molar-refractivity contribution in [1.29, 1.82) is 0 Å². The lowest BCUT2D eigenvalue weighted by molar-refractivity contribution is 0.622. The van der Waals surface area contributed by atoms with Gasteiger partial charge in [-0.25, -0.2) is 19.5 Å². The number of nitrogens with zero attached hydrogens (tertiary/aromatic N) is 6. The van der Waals surface area contributed by atoms with Gasteiger partial charge < -0.3 is 10.3 Å². The molecule has 1 aliphatic carbocycles. The van der Waals surface area contributed by atoms with Gasteiger partial charge >= 0.3 is 0 Å². The predicted octanol–water partition coefficient (Wildman–Crippen LogP) is 2.44. The highest BCUT2D eigenvalue weighted by atomic mass is 15.3. The van der Waals surface area contributed by atoms with Crippen molar-refractivity contribution in [2.45, 2.75) is 26.3 Å². The van der Waals surface area contributed by atoms with E-state index in [1.807, 2.05) is 31.3 Å². The minimum Gasteiger partial charge on any atom is -0.367 e. The summed E-state index contributed by atoms with van der Waals surface area (Å²) in [6.45, 7) is 3.06. The molecule has 2 N–H and O–H groups in total. The molecule has 0 saturated heterocycles. The summed E-state index contributed by atoms with van der Waals surface area (Å²) in [7, 11) is 0. The first-order valence-corrected chi connectivity index (χ1v) is 8.13. The van der Waals surface area contributed by atoms with E-state index in [4.69, 9.17) is 10.7 Å². The summed E-state index contributed by atoms with van der Waals surface area (Å²) < 4.78 is 3.97. The third-order valence-corrected chi connectivity index (χ3v) is 4.63. The van der Waals surface area contributed by atoms with Gasteiger partial charge in [-0.2, -0.15) is 0 Å². The minimum absolute atomic E-state index is 0.256. The van der Waals surface area contributed by atoms with Crippen molar-refractivity contribution in [2.24, 2.45) is 5.92 Å². The van der Waals surface area contributed by atoms with Crippen LogP contribution in [-0.4, -0.2) is 29.1 Å². The van der Waals surface area contributed by atoms with Crippen molar-refractivity contribution < 1.29 is 0 Å². The summed E-state index contributed by atoms with van der Waals surface area (Å²) in [4.78, 5) is 13.6. The van der Waals surface area contributed by atoms with Crippen molar-refractivity contribution in [3.05, 3.63) is 36.4 Å². The van der Waals surface area contributed by atoms with E-state index in [1.165, 1.54) is 12.8 Å². The van der Waals surface area contributed by atoms with Crippen molar-refractivity contribution in [2.75, 3.05) is 5.73 Å². The maximum absolute atomic E-state index is 5.65. The lowest BCUT2D eigenvalue weighted by Crippen LogP contribution is -2.03. The second-order valence-corrected chi connectivity index (χ2v) is 6.43. The molecule has 0 radical (unpaired) electrons. The number of aromatic nitrogens is 6. The molecular formula is C17H17N7. The molecule has 1 saturated carbocycles. The Morgan fingerprint density at radius 3 is 2.92 bits per heavy atom. The fraction of sp³-hybridized carbons (Fsp3) is 0.294. The Kier molecular flexibility index (Phi) is 2.68. The lowest BCUT2D eigenvalue weighted by Gasteiger charge is -2.06. The van der Waals surface area contributed by atoms with E-state index in [0.29, 0.717) is 0 Å². The van der Waals surface area contributed by atoms with Gasteiger partial charge in [-0.3, -0.25) is 0 Å². The van der Waals surface area contributed by atoms with Gasteiger partial charge in [0, 0.05) is 18.3 Å². The van der Waals surface area contributed by atoms with Crippen LogP contribution in [0.3, 0.4) is 0 Å². The summed E-state index contributed by atoms with van der Waals surface area (Å²) in [6, 6.07) is 6.03. The number of anilines is 1. The number of hydrogen-bond donors (Lipinski definition) is 1. The van der Waals surface area contributed by atoms with Crippen LogP contribution in [0.1, 0.15) is 18.7 Å². The molecule has 0 unspecified atom stereocenters. The molecule has 5 rings (SSSR count). The van der Waals surface area contributed by atoms with Crippen molar-refractivity contribution in [1.82, 2.24) is 29.1 Å². The van der Waals surface area contributed by atoms with Crippen LogP contribution in [0, 0.1) is 12.8 Å². The topological polar surface area (TPSA) is 86.9 Å². The van der Waals surface area contributed by atoms with Crippen LogP contribution >= 0.6 is 0 Å². The minimum atomic E-state index is 0.256. The van der Waals surface area contributed by atoms with Crippen LogP contribution in [0.5, 0.6) is 0 Å². The summed E-state index contributed by atoms with van der Waals surface area (Å²) in [5, 5.41) is 4.19. The van der Waals surface area contributed by atoms with Crippen molar-refractivity contribution in [3.8, 4) is 11.3 Å². The fourth-order valence-electron chi connectivity index (χ4n) is 3.17. The third-order valence-electron chi connectivity index (χ3n) is 4.63.